The van der Waals surface area contributed by atoms with Crippen LogP contribution in [0.1, 0.15) is 17.3 Å². The Morgan fingerprint density at radius 3 is 2.31 bits per heavy atom. The minimum atomic E-state index is -0.233. The van der Waals surface area contributed by atoms with Crippen molar-refractivity contribution in [3.8, 4) is 0 Å². The van der Waals surface area contributed by atoms with Crippen LogP contribution in [0.25, 0.3) is 0 Å². The van der Waals surface area contributed by atoms with Gasteiger partial charge in [0.2, 0.25) is 0 Å². The maximum absolute atomic E-state index is 11.2. The van der Waals surface area contributed by atoms with Gasteiger partial charge in [-0.05, 0) is 6.08 Å². The van der Waals surface area contributed by atoms with Crippen LogP contribution >= 0.6 is 0 Å². The summed E-state index contributed by atoms with van der Waals surface area (Å²) in [7, 11) is 0. The van der Waals surface area contributed by atoms with E-state index < -0.39 is 0 Å². The SMILES string of the molecule is C/C([O-])=C/C(=O)c1ccccc1.[Na+]. The fourth-order valence-electron chi connectivity index (χ4n) is 0.870. The Morgan fingerprint density at radius 1 is 1.31 bits per heavy atom. The number of hydrogen-bond donors (Lipinski definition) is 0. The molecule has 1 aromatic rings. The summed E-state index contributed by atoms with van der Waals surface area (Å²) in [6.45, 7) is 1.36. The molecule has 62 valence electrons. The summed E-state index contributed by atoms with van der Waals surface area (Å²) in [5, 5.41) is 10.6. The first kappa shape index (κ1) is 12.4. The molecule has 0 atom stereocenters. The van der Waals surface area contributed by atoms with Gasteiger partial charge in [0.05, 0.1) is 0 Å². The van der Waals surface area contributed by atoms with Crippen molar-refractivity contribution in [3.63, 3.8) is 0 Å². The molecule has 0 spiro atoms. The third-order valence-electron chi connectivity index (χ3n) is 1.39. The van der Waals surface area contributed by atoms with Crippen molar-refractivity contribution in [1.29, 1.82) is 0 Å². The minimum Gasteiger partial charge on any atom is -0.876 e. The van der Waals surface area contributed by atoms with Crippen molar-refractivity contribution in [1.82, 2.24) is 0 Å². The number of hydrogen-bond acceptors (Lipinski definition) is 2. The van der Waals surface area contributed by atoms with Gasteiger partial charge in [-0.2, -0.15) is 0 Å². The quantitative estimate of drug-likeness (QED) is 0.234. The summed E-state index contributed by atoms with van der Waals surface area (Å²) in [6, 6.07) is 8.72. The fraction of sp³-hybridized carbons (Fsp3) is 0.100. The Kier molecular flexibility index (Phi) is 5.71. The molecule has 1 aromatic carbocycles. The predicted octanol–water partition coefficient (Wildman–Crippen LogP) is -1.86. The Labute approximate surface area is 99.6 Å². The predicted molar refractivity (Wildman–Crippen MR) is 44.5 cm³/mol. The first-order valence-electron chi connectivity index (χ1n) is 3.65. The second-order valence-electron chi connectivity index (χ2n) is 2.49. The molecule has 0 aromatic heterocycles. The molecule has 0 saturated heterocycles. The second kappa shape index (κ2) is 5.97. The zero-order valence-corrected chi connectivity index (χ0v) is 9.78. The van der Waals surface area contributed by atoms with E-state index in [1.807, 2.05) is 6.07 Å². The van der Waals surface area contributed by atoms with Crippen molar-refractivity contribution in [2.45, 2.75) is 6.92 Å². The Hall–Kier alpha value is -0.570. The number of carbonyl (C=O) groups excluding carboxylic acids is 1. The maximum atomic E-state index is 11.2. The molecule has 0 N–H and O–H groups in total. The molecule has 0 fully saturated rings. The number of ketones is 1. The summed E-state index contributed by atoms with van der Waals surface area (Å²) >= 11 is 0. The molecule has 3 heteroatoms. The third-order valence-corrected chi connectivity index (χ3v) is 1.39. The molecular weight excluding hydrogens is 175 g/mol. The number of benzene rings is 1. The van der Waals surface area contributed by atoms with Crippen LogP contribution in [0.5, 0.6) is 0 Å². The second-order valence-corrected chi connectivity index (χ2v) is 2.49. The van der Waals surface area contributed by atoms with Crippen LogP contribution in [0.4, 0.5) is 0 Å². The summed E-state index contributed by atoms with van der Waals surface area (Å²) in [4.78, 5) is 11.2. The minimum absolute atomic E-state index is 0. The average Bonchev–Trinajstić information content (AvgIpc) is 2.05. The Balaban J connectivity index is 0.00000144. The summed E-state index contributed by atoms with van der Waals surface area (Å²) in [5.41, 5.74) is 0.549. The van der Waals surface area contributed by atoms with E-state index in [-0.39, 0.29) is 41.1 Å². The van der Waals surface area contributed by atoms with Crippen LogP contribution in [0.2, 0.25) is 0 Å². The van der Waals surface area contributed by atoms with Gasteiger partial charge in [-0.15, -0.1) is 5.76 Å². The first-order valence-corrected chi connectivity index (χ1v) is 3.65. The van der Waals surface area contributed by atoms with Crippen LogP contribution in [-0.4, -0.2) is 5.78 Å². The molecule has 1 rings (SSSR count). The van der Waals surface area contributed by atoms with Crippen molar-refractivity contribution >= 4 is 5.78 Å². The largest absolute Gasteiger partial charge is 1.00 e. The average molecular weight is 184 g/mol. The normalized spacial score (nSPS) is 10.4. The molecule has 0 bridgehead atoms. The summed E-state index contributed by atoms with van der Waals surface area (Å²) in [6.07, 6.45) is 1.09. The number of carbonyl (C=O) groups is 1. The van der Waals surface area contributed by atoms with Crippen molar-refractivity contribution in [2.24, 2.45) is 0 Å². The first-order chi connectivity index (χ1) is 5.70. The number of allylic oxidation sites excluding steroid dienone is 2. The van der Waals surface area contributed by atoms with Crippen LogP contribution < -0.4 is 34.7 Å². The van der Waals surface area contributed by atoms with E-state index >= 15 is 0 Å². The molecule has 2 nitrogen and oxygen atoms in total. The molecule has 0 radical (unpaired) electrons. The van der Waals surface area contributed by atoms with Gasteiger partial charge in [0, 0.05) is 5.56 Å². The van der Waals surface area contributed by atoms with Crippen LogP contribution in [0, 0.1) is 0 Å². The van der Waals surface area contributed by atoms with Gasteiger partial charge in [-0.25, -0.2) is 0 Å². The fourth-order valence-corrected chi connectivity index (χ4v) is 0.870. The van der Waals surface area contributed by atoms with Gasteiger partial charge in [0.15, 0.2) is 5.78 Å². The summed E-state index contributed by atoms with van der Waals surface area (Å²) in [5.74, 6) is -0.452. The molecule has 0 amide bonds. The van der Waals surface area contributed by atoms with E-state index in [1.165, 1.54) is 6.92 Å². The monoisotopic (exact) mass is 184 g/mol. The molecule has 0 aliphatic carbocycles. The zero-order chi connectivity index (χ0) is 8.97. The molecule has 0 heterocycles. The number of rotatable bonds is 2. The molecule has 0 aliphatic heterocycles. The van der Waals surface area contributed by atoms with Crippen LogP contribution in [-0.2, 0) is 0 Å². The molecule has 13 heavy (non-hydrogen) atoms. The third kappa shape index (κ3) is 4.27. The van der Waals surface area contributed by atoms with Crippen LogP contribution in [0.15, 0.2) is 42.2 Å². The standard InChI is InChI=1S/C10H10O2.Na/c1-8(11)7-10(12)9-5-3-2-4-6-9;/h2-7,11H,1H3;/q;+1/p-1/b8-7-;. The van der Waals surface area contributed by atoms with E-state index in [0.29, 0.717) is 5.56 Å². The molecular formula is C10H9NaO2. The Bertz CT molecular complexity index is 300. The van der Waals surface area contributed by atoms with E-state index in [0.717, 1.165) is 6.08 Å². The van der Waals surface area contributed by atoms with E-state index in [1.54, 1.807) is 24.3 Å². The van der Waals surface area contributed by atoms with E-state index in [2.05, 4.69) is 0 Å². The van der Waals surface area contributed by atoms with Gasteiger partial charge in [-0.3, -0.25) is 4.79 Å². The van der Waals surface area contributed by atoms with E-state index in [9.17, 15) is 9.90 Å². The smallest absolute Gasteiger partial charge is 0.876 e. The van der Waals surface area contributed by atoms with Gasteiger partial charge in [-0.1, -0.05) is 37.3 Å². The van der Waals surface area contributed by atoms with Crippen molar-refractivity contribution < 1.29 is 39.5 Å². The molecule has 0 aliphatic rings. The van der Waals surface area contributed by atoms with Crippen molar-refractivity contribution in [3.05, 3.63) is 47.7 Å². The molecule has 0 unspecified atom stereocenters. The van der Waals surface area contributed by atoms with Gasteiger partial charge >= 0.3 is 29.6 Å². The van der Waals surface area contributed by atoms with Crippen molar-refractivity contribution in [2.75, 3.05) is 0 Å². The van der Waals surface area contributed by atoms with E-state index in [4.69, 9.17) is 0 Å². The van der Waals surface area contributed by atoms with Crippen LogP contribution in [0.3, 0.4) is 0 Å². The maximum Gasteiger partial charge on any atom is 1.00 e. The van der Waals surface area contributed by atoms with Gasteiger partial charge in [0.1, 0.15) is 0 Å². The Morgan fingerprint density at radius 2 is 1.85 bits per heavy atom. The van der Waals surface area contributed by atoms with Gasteiger partial charge < -0.3 is 5.11 Å². The van der Waals surface area contributed by atoms with Gasteiger partial charge in [0.25, 0.3) is 0 Å². The summed E-state index contributed by atoms with van der Waals surface area (Å²) < 4.78 is 0. The topological polar surface area (TPSA) is 40.1 Å². The molecule has 0 saturated carbocycles. The zero-order valence-electron chi connectivity index (χ0n) is 7.78.